The number of rotatable bonds is 8. The van der Waals surface area contributed by atoms with Gasteiger partial charge < -0.3 is 20.3 Å². The van der Waals surface area contributed by atoms with Crippen molar-refractivity contribution in [1.29, 1.82) is 0 Å². The first-order chi connectivity index (χ1) is 18.7. The first-order valence-electron chi connectivity index (χ1n) is 13.3. The second-order valence-electron chi connectivity index (χ2n) is 10.6. The van der Waals surface area contributed by atoms with Crippen LogP contribution in [-0.4, -0.2) is 52.6 Å². The van der Waals surface area contributed by atoms with E-state index in [0.717, 1.165) is 29.9 Å². The summed E-state index contributed by atoms with van der Waals surface area (Å²) in [4.78, 5) is 24.8. The Morgan fingerprint density at radius 1 is 1.15 bits per heavy atom. The summed E-state index contributed by atoms with van der Waals surface area (Å²) in [6.07, 6.45) is 1.44. The Labute approximate surface area is 230 Å². The predicted octanol–water partition coefficient (Wildman–Crippen LogP) is 5.08. The summed E-state index contributed by atoms with van der Waals surface area (Å²) in [5.41, 5.74) is 2.17. The third-order valence-corrected chi connectivity index (χ3v) is 9.03. The zero-order chi connectivity index (χ0) is 27.6. The summed E-state index contributed by atoms with van der Waals surface area (Å²) in [6.45, 7) is 8.65. The molecule has 1 aliphatic heterocycles. The molecule has 2 heterocycles. The van der Waals surface area contributed by atoms with E-state index in [1.54, 1.807) is 12.1 Å². The number of hydrogen-bond donors (Lipinski definition) is 2. The van der Waals surface area contributed by atoms with Crippen molar-refractivity contribution in [2.24, 2.45) is 5.92 Å². The number of nitrogens with one attached hydrogen (secondary N) is 2. The zero-order valence-electron chi connectivity index (χ0n) is 22.4. The monoisotopic (exact) mass is 551 g/mol. The van der Waals surface area contributed by atoms with Crippen LogP contribution in [0, 0.1) is 11.7 Å². The minimum absolute atomic E-state index is 0.128. The average molecular weight is 552 g/mol. The molecule has 1 saturated heterocycles. The lowest BCUT2D eigenvalue weighted by Gasteiger charge is -2.34. The van der Waals surface area contributed by atoms with Crippen LogP contribution in [0.25, 0.3) is 11.4 Å². The van der Waals surface area contributed by atoms with Crippen molar-refractivity contribution in [3.8, 4) is 11.4 Å². The Hall–Kier alpha value is -3.37. The van der Waals surface area contributed by atoms with E-state index < -0.39 is 15.5 Å². The molecule has 2 atom stereocenters. The number of ether oxygens (including phenoxy) is 1. The van der Waals surface area contributed by atoms with Crippen LogP contribution in [0.2, 0.25) is 0 Å². The van der Waals surface area contributed by atoms with E-state index in [1.807, 2.05) is 44.2 Å². The smallest absolute Gasteiger partial charge is 0.319 e. The van der Waals surface area contributed by atoms with Gasteiger partial charge in [-0.2, -0.15) is 0 Å². The van der Waals surface area contributed by atoms with E-state index in [0.29, 0.717) is 48.6 Å². The largest absolute Gasteiger partial charge is 0.377 e. The predicted molar refractivity (Wildman–Crippen MR) is 151 cm³/mol. The number of morpholine rings is 1. The molecule has 2 fully saturated rings. The molecule has 2 aliphatic rings. The van der Waals surface area contributed by atoms with Gasteiger partial charge in [0.15, 0.2) is 5.82 Å². The molecule has 1 aromatic heterocycles. The van der Waals surface area contributed by atoms with Crippen molar-refractivity contribution in [3.63, 3.8) is 0 Å². The summed E-state index contributed by atoms with van der Waals surface area (Å²) >= 11 is 0. The van der Waals surface area contributed by atoms with Crippen LogP contribution in [0.1, 0.15) is 39.3 Å². The highest BCUT2D eigenvalue weighted by Crippen LogP contribution is 2.53. The number of hydrogen-bond acceptors (Lipinski definition) is 6. The van der Waals surface area contributed by atoms with Gasteiger partial charge in [0.05, 0.1) is 40.5 Å². The fraction of sp³-hybridized carbons (Fsp3) is 0.414. The van der Waals surface area contributed by atoms with Crippen LogP contribution in [0.3, 0.4) is 0 Å². The molecule has 2 aromatic carbocycles. The number of carbonyl (C=O) groups is 1. The average Bonchev–Trinajstić information content (AvgIpc) is 3.75. The second-order valence-corrected chi connectivity index (χ2v) is 12.4. The van der Waals surface area contributed by atoms with Crippen LogP contribution < -0.4 is 15.5 Å². The number of benzene rings is 2. The van der Waals surface area contributed by atoms with Crippen LogP contribution in [0.15, 0.2) is 59.5 Å². The maximum absolute atomic E-state index is 13.7. The molecule has 0 spiro atoms. The SMILES string of the molecule is CC(C)CNC(=O)Nc1ccc(-c2nc(N3CCOC[C@@H]3C)cc(C3(S(=O)c4ccc(F)cc4)CC3)n2)cc1. The highest BCUT2D eigenvalue weighted by Gasteiger charge is 2.52. The fourth-order valence-corrected chi connectivity index (χ4v) is 6.22. The maximum atomic E-state index is 13.7. The summed E-state index contributed by atoms with van der Waals surface area (Å²) in [7, 11) is -1.40. The van der Waals surface area contributed by atoms with E-state index in [9.17, 15) is 13.4 Å². The Morgan fingerprint density at radius 2 is 1.87 bits per heavy atom. The molecule has 5 rings (SSSR count). The third-order valence-electron chi connectivity index (χ3n) is 7.00. The van der Waals surface area contributed by atoms with Gasteiger partial charge in [-0.3, -0.25) is 4.21 Å². The molecule has 0 bridgehead atoms. The maximum Gasteiger partial charge on any atom is 0.319 e. The van der Waals surface area contributed by atoms with E-state index in [2.05, 4.69) is 22.5 Å². The Bertz CT molecular complexity index is 1350. The molecule has 1 aliphatic carbocycles. The molecule has 10 heteroatoms. The molecule has 3 aromatic rings. The molecule has 0 radical (unpaired) electrons. The molecule has 2 N–H and O–H groups in total. The van der Waals surface area contributed by atoms with E-state index in [4.69, 9.17) is 14.7 Å². The molecule has 39 heavy (non-hydrogen) atoms. The molecular weight excluding hydrogens is 517 g/mol. The first kappa shape index (κ1) is 27.2. The third kappa shape index (κ3) is 6.12. The fourth-order valence-electron chi connectivity index (χ4n) is 4.62. The Balaban J connectivity index is 1.47. The van der Waals surface area contributed by atoms with Gasteiger partial charge in [0.25, 0.3) is 0 Å². The molecule has 8 nitrogen and oxygen atoms in total. The lowest BCUT2D eigenvalue weighted by molar-refractivity contribution is 0.0985. The summed E-state index contributed by atoms with van der Waals surface area (Å²) in [5, 5.41) is 5.69. The number of amides is 2. The molecular formula is C29H34FN5O3S. The van der Waals surface area contributed by atoms with Crippen LogP contribution in [0.5, 0.6) is 0 Å². The van der Waals surface area contributed by atoms with Crippen LogP contribution >= 0.6 is 0 Å². The zero-order valence-corrected chi connectivity index (χ0v) is 23.3. The van der Waals surface area contributed by atoms with Crippen molar-refractivity contribution < 1.29 is 18.1 Å². The quantitative estimate of drug-likeness (QED) is 0.405. The van der Waals surface area contributed by atoms with Crippen molar-refractivity contribution in [2.45, 2.75) is 49.3 Å². The normalized spacial score (nSPS) is 19.0. The number of carbonyl (C=O) groups excluding carboxylic acids is 1. The number of urea groups is 1. The summed E-state index contributed by atoms with van der Waals surface area (Å²) < 4.78 is 32.3. The molecule has 2 amide bonds. The number of aromatic nitrogens is 2. The standard InChI is InChI=1S/C29H34FN5O3S/c1-19(2)17-31-28(36)32-23-8-4-21(5-9-23)27-33-25(16-26(34-27)35-14-15-38-18-20(35)3)29(12-13-29)39(37)24-10-6-22(30)7-11-24/h4-11,16,19-20H,12-15,17-18H2,1-3H3,(H2,31,32,36)/t20-,39?/m0/s1. The molecule has 1 unspecified atom stereocenters. The van der Waals surface area contributed by atoms with Gasteiger partial charge in [0.2, 0.25) is 0 Å². The minimum Gasteiger partial charge on any atom is -0.377 e. The Kier molecular flexibility index (Phi) is 7.95. The van der Waals surface area contributed by atoms with Crippen molar-refractivity contribution >= 4 is 28.3 Å². The van der Waals surface area contributed by atoms with Gasteiger partial charge in [0, 0.05) is 35.3 Å². The lowest BCUT2D eigenvalue weighted by Crippen LogP contribution is -2.44. The van der Waals surface area contributed by atoms with E-state index in [1.165, 1.54) is 12.1 Å². The van der Waals surface area contributed by atoms with Gasteiger partial charge in [-0.15, -0.1) is 0 Å². The van der Waals surface area contributed by atoms with E-state index in [-0.39, 0.29) is 17.9 Å². The van der Waals surface area contributed by atoms with Gasteiger partial charge in [-0.05, 0) is 74.2 Å². The van der Waals surface area contributed by atoms with Gasteiger partial charge in [0.1, 0.15) is 11.6 Å². The van der Waals surface area contributed by atoms with Gasteiger partial charge >= 0.3 is 6.03 Å². The molecule has 1 saturated carbocycles. The van der Waals surface area contributed by atoms with Crippen molar-refractivity contribution in [1.82, 2.24) is 15.3 Å². The Morgan fingerprint density at radius 3 is 2.51 bits per heavy atom. The lowest BCUT2D eigenvalue weighted by atomic mass is 10.1. The summed E-state index contributed by atoms with van der Waals surface area (Å²) in [6, 6.07) is 15.1. The highest BCUT2D eigenvalue weighted by molar-refractivity contribution is 7.86. The highest BCUT2D eigenvalue weighted by atomic mass is 32.2. The number of halogens is 1. The topological polar surface area (TPSA) is 96.5 Å². The second kappa shape index (κ2) is 11.4. The van der Waals surface area contributed by atoms with Crippen LogP contribution in [-0.2, 0) is 20.3 Å². The minimum atomic E-state index is -1.40. The van der Waals surface area contributed by atoms with Gasteiger partial charge in [-0.1, -0.05) is 13.8 Å². The first-order valence-corrected chi connectivity index (χ1v) is 14.5. The molecule has 206 valence electrons. The van der Waals surface area contributed by atoms with Crippen molar-refractivity contribution in [3.05, 3.63) is 66.1 Å². The number of nitrogens with zero attached hydrogens (tertiary/aromatic N) is 3. The van der Waals surface area contributed by atoms with Crippen LogP contribution in [0.4, 0.5) is 20.7 Å². The summed E-state index contributed by atoms with van der Waals surface area (Å²) in [5.74, 6) is 1.30. The number of anilines is 2. The van der Waals surface area contributed by atoms with Crippen molar-refractivity contribution in [2.75, 3.05) is 36.5 Å². The van der Waals surface area contributed by atoms with E-state index >= 15 is 0 Å². The van der Waals surface area contributed by atoms with Gasteiger partial charge in [-0.25, -0.2) is 19.2 Å².